The number of aliphatic hydroxyl groups excluding tert-OH is 1. The van der Waals surface area contributed by atoms with Gasteiger partial charge < -0.3 is 10.4 Å². The summed E-state index contributed by atoms with van der Waals surface area (Å²) in [5.41, 5.74) is 0.570. The Morgan fingerprint density at radius 1 is 1.48 bits per heavy atom. The summed E-state index contributed by atoms with van der Waals surface area (Å²) in [5.74, 6) is -0.103. The second-order valence-electron chi connectivity index (χ2n) is 5.93. The third-order valence-electron chi connectivity index (χ3n) is 4.15. The second-order valence-corrected chi connectivity index (χ2v) is 7.30. The van der Waals surface area contributed by atoms with Crippen molar-refractivity contribution in [3.05, 3.63) is 52.0 Å². The van der Waals surface area contributed by atoms with Gasteiger partial charge in [-0.2, -0.15) is 0 Å². The van der Waals surface area contributed by atoms with Crippen molar-refractivity contribution in [3.8, 4) is 0 Å². The van der Waals surface area contributed by atoms with Gasteiger partial charge in [-0.1, -0.05) is 0 Å². The number of hydrogen-bond acceptors (Lipinski definition) is 5. The van der Waals surface area contributed by atoms with Crippen LogP contribution in [-0.4, -0.2) is 46.1 Å². The van der Waals surface area contributed by atoms with E-state index in [4.69, 9.17) is 0 Å². The number of nitrogens with one attached hydrogen (secondary N) is 1. The highest BCUT2D eigenvalue weighted by Crippen LogP contribution is 2.24. The minimum atomic E-state index is -0.103. The Labute approximate surface area is 140 Å². The Balaban J connectivity index is 1.61. The van der Waals surface area contributed by atoms with Crippen molar-refractivity contribution in [2.75, 3.05) is 13.2 Å². The summed E-state index contributed by atoms with van der Waals surface area (Å²) in [6, 6.07) is 7.91. The van der Waals surface area contributed by atoms with E-state index in [1.54, 1.807) is 35.9 Å². The topological polar surface area (TPSA) is 65.5 Å². The van der Waals surface area contributed by atoms with Gasteiger partial charge in [-0.25, -0.2) is 0 Å². The molecule has 0 spiro atoms. The summed E-state index contributed by atoms with van der Waals surface area (Å²) in [6.07, 6.45) is 3.99. The Morgan fingerprint density at radius 2 is 2.35 bits per heavy atom. The molecule has 0 saturated carbocycles. The lowest BCUT2D eigenvalue weighted by atomic mass is 10.1. The Kier molecular flexibility index (Phi) is 5.05. The van der Waals surface area contributed by atoms with Crippen LogP contribution in [0.1, 0.15) is 26.5 Å². The zero-order valence-corrected chi connectivity index (χ0v) is 13.9. The van der Waals surface area contributed by atoms with E-state index in [1.807, 2.05) is 0 Å². The summed E-state index contributed by atoms with van der Waals surface area (Å²) in [5, 5.41) is 12.7. The number of nitrogens with zero attached hydrogens (tertiary/aromatic N) is 2. The van der Waals surface area contributed by atoms with Crippen molar-refractivity contribution in [3.63, 3.8) is 0 Å². The lowest BCUT2D eigenvalue weighted by Gasteiger charge is -2.21. The Bertz CT molecular complexity index is 659. The maximum absolute atomic E-state index is 12.2. The van der Waals surface area contributed by atoms with Crippen LogP contribution < -0.4 is 5.32 Å². The predicted octanol–water partition coefficient (Wildman–Crippen LogP) is 1.82. The standard InChI is InChI=1S/C17H21N3O2S/c1-12-4-5-16(23-12)10-20-9-14(7-15(20)11-21)19-17(22)13-3-2-6-18-8-13/h2-6,8,14-15,21H,7,9-11H2,1H3,(H,19,22)/t14-,15-/m0/s1. The SMILES string of the molecule is Cc1ccc(CN2C[C@@H](NC(=O)c3cccnc3)C[C@H]2CO)s1. The molecule has 2 aromatic rings. The summed E-state index contributed by atoms with van der Waals surface area (Å²) < 4.78 is 0. The molecule has 0 radical (unpaired) electrons. The summed E-state index contributed by atoms with van der Waals surface area (Å²) in [4.78, 5) is 21.0. The van der Waals surface area contributed by atoms with Crippen LogP contribution in [0, 0.1) is 6.92 Å². The Hall–Kier alpha value is -1.76. The van der Waals surface area contributed by atoms with E-state index in [0.717, 1.165) is 19.5 Å². The number of carbonyl (C=O) groups is 1. The number of aliphatic hydroxyl groups is 1. The first-order valence-corrected chi connectivity index (χ1v) is 8.58. The van der Waals surface area contributed by atoms with Gasteiger partial charge in [0.2, 0.25) is 0 Å². The molecule has 2 aromatic heterocycles. The zero-order valence-electron chi connectivity index (χ0n) is 13.1. The molecule has 0 aliphatic carbocycles. The van der Waals surface area contributed by atoms with Crippen LogP contribution in [0.25, 0.3) is 0 Å². The van der Waals surface area contributed by atoms with Gasteiger partial charge in [0.25, 0.3) is 5.91 Å². The van der Waals surface area contributed by atoms with E-state index in [9.17, 15) is 9.90 Å². The molecule has 0 aromatic carbocycles. The van der Waals surface area contributed by atoms with Crippen LogP contribution in [0.4, 0.5) is 0 Å². The average Bonchev–Trinajstić information content (AvgIpc) is 3.14. The lowest BCUT2D eigenvalue weighted by molar-refractivity contribution is 0.0937. The molecule has 3 heterocycles. The van der Waals surface area contributed by atoms with E-state index < -0.39 is 0 Å². The van der Waals surface area contributed by atoms with Crippen molar-refractivity contribution in [2.24, 2.45) is 0 Å². The highest BCUT2D eigenvalue weighted by atomic mass is 32.1. The minimum absolute atomic E-state index is 0.0564. The highest BCUT2D eigenvalue weighted by Gasteiger charge is 2.32. The summed E-state index contributed by atoms with van der Waals surface area (Å²) in [6.45, 7) is 3.79. The molecular weight excluding hydrogens is 310 g/mol. The van der Waals surface area contributed by atoms with Crippen LogP contribution in [-0.2, 0) is 6.54 Å². The van der Waals surface area contributed by atoms with E-state index >= 15 is 0 Å². The fourth-order valence-electron chi connectivity index (χ4n) is 3.01. The van der Waals surface area contributed by atoms with Gasteiger partial charge in [0.15, 0.2) is 0 Å². The molecular formula is C17H21N3O2S. The number of hydrogen-bond donors (Lipinski definition) is 2. The van der Waals surface area contributed by atoms with Crippen molar-refractivity contribution in [2.45, 2.75) is 32.0 Å². The Morgan fingerprint density at radius 3 is 3.00 bits per heavy atom. The smallest absolute Gasteiger partial charge is 0.253 e. The predicted molar refractivity (Wildman–Crippen MR) is 90.4 cm³/mol. The van der Waals surface area contributed by atoms with Crippen molar-refractivity contribution in [1.82, 2.24) is 15.2 Å². The molecule has 2 N–H and O–H groups in total. The maximum Gasteiger partial charge on any atom is 0.253 e. The molecule has 1 fully saturated rings. The van der Waals surface area contributed by atoms with E-state index in [2.05, 4.69) is 34.3 Å². The zero-order chi connectivity index (χ0) is 16.2. The van der Waals surface area contributed by atoms with Crippen molar-refractivity contribution in [1.29, 1.82) is 0 Å². The average molecular weight is 331 g/mol. The third kappa shape index (κ3) is 3.96. The van der Waals surface area contributed by atoms with Gasteiger partial charge in [-0.3, -0.25) is 14.7 Å². The first-order chi connectivity index (χ1) is 11.2. The number of likely N-dealkylation sites (tertiary alicyclic amines) is 1. The van der Waals surface area contributed by atoms with Gasteiger partial charge in [0, 0.05) is 47.3 Å². The van der Waals surface area contributed by atoms with Crippen molar-refractivity contribution < 1.29 is 9.90 Å². The van der Waals surface area contributed by atoms with Gasteiger partial charge >= 0.3 is 0 Å². The van der Waals surface area contributed by atoms with Crippen LogP contribution in [0.15, 0.2) is 36.7 Å². The molecule has 2 atom stereocenters. The lowest BCUT2D eigenvalue weighted by Crippen LogP contribution is -2.37. The molecule has 23 heavy (non-hydrogen) atoms. The first-order valence-electron chi connectivity index (χ1n) is 7.77. The van der Waals surface area contributed by atoms with Crippen LogP contribution in [0.2, 0.25) is 0 Å². The largest absolute Gasteiger partial charge is 0.395 e. The van der Waals surface area contributed by atoms with Gasteiger partial charge in [-0.15, -0.1) is 11.3 Å². The van der Waals surface area contributed by atoms with Gasteiger partial charge in [0.1, 0.15) is 0 Å². The molecule has 3 rings (SSSR count). The number of thiophene rings is 1. The molecule has 0 unspecified atom stereocenters. The maximum atomic E-state index is 12.2. The van der Waals surface area contributed by atoms with Gasteiger partial charge in [0.05, 0.1) is 12.2 Å². The second kappa shape index (κ2) is 7.21. The first kappa shape index (κ1) is 16.1. The molecule has 0 bridgehead atoms. The molecule has 1 aliphatic heterocycles. The van der Waals surface area contributed by atoms with E-state index in [-0.39, 0.29) is 24.6 Å². The molecule has 1 saturated heterocycles. The van der Waals surface area contributed by atoms with Crippen LogP contribution in [0.5, 0.6) is 0 Å². The molecule has 1 amide bonds. The van der Waals surface area contributed by atoms with Crippen molar-refractivity contribution >= 4 is 17.2 Å². The summed E-state index contributed by atoms with van der Waals surface area (Å²) in [7, 11) is 0. The number of aryl methyl sites for hydroxylation is 1. The number of pyridine rings is 1. The number of aromatic nitrogens is 1. The molecule has 1 aliphatic rings. The minimum Gasteiger partial charge on any atom is -0.395 e. The highest BCUT2D eigenvalue weighted by molar-refractivity contribution is 7.11. The van der Waals surface area contributed by atoms with Gasteiger partial charge in [-0.05, 0) is 37.6 Å². The van der Waals surface area contributed by atoms with E-state index in [1.165, 1.54) is 9.75 Å². The van der Waals surface area contributed by atoms with E-state index in [0.29, 0.717) is 5.56 Å². The molecule has 122 valence electrons. The molecule has 5 nitrogen and oxygen atoms in total. The normalized spacial score (nSPS) is 21.5. The fraction of sp³-hybridized carbons (Fsp3) is 0.412. The quantitative estimate of drug-likeness (QED) is 0.877. The number of carbonyl (C=O) groups excluding carboxylic acids is 1. The van der Waals surface area contributed by atoms with Crippen LogP contribution >= 0.6 is 11.3 Å². The summed E-state index contributed by atoms with van der Waals surface area (Å²) >= 11 is 1.78. The fourth-order valence-corrected chi connectivity index (χ4v) is 3.92. The van der Waals surface area contributed by atoms with Crippen LogP contribution in [0.3, 0.4) is 0 Å². The third-order valence-corrected chi connectivity index (χ3v) is 5.14. The number of amides is 1. The molecule has 6 heteroatoms. The number of rotatable bonds is 5. The monoisotopic (exact) mass is 331 g/mol.